The number of amides is 1. The second kappa shape index (κ2) is 20.4. The van der Waals surface area contributed by atoms with Gasteiger partial charge in [-0.2, -0.15) is 5.11 Å². The summed E-state index contributed by atoms with van der Waals surface area (Å²) in [6.07, 6.45) is 1.02. The molecule has 0 unspecified atom stereocenters. The minimum absolute atomic E-state index is 0.274. The molecule has 2 rings (SSSR count). The number of hydrogen-bond acceptors (Lipinski definition) is 8. The summed E-state index contributed by atoms with van der Waals surface area (Å²) in [5.74, 6) is 6.81. The smallest absolute Gasteiger partial charge is 0.407 e. The zero-order valence-corrected chi connectivity index (χ0v) is 25.2. The Morgan fingerprint density at radius 3 is 2.29 bits per heavy atom. The van der Waals surface area contributed by atoms with E-state index in [1.165, 1.54) is 0 Å². The minimum atomic E-state index is -0.466. The summed E-state index contributed by atoms with van der Waals surface area (Å²) in [4.78, 5) is 11.7. The van der Waals surface area contributed by atoms with Crippen LogP contribution in [0.15, 0.2) is 52.7 Å². The van der Waals surface area contributed by atoms with Crippen molar-refractivity contribution in [1.82, 2.24) is 10.6 Å². The number of nitrogens with zero attached hydrogens (tertiary/aromatic N) is 2. The van der Waals surface area contributed by atoms with E-state index in [4.69, 9.17) is 18.9 Å². The van der Waals surface area contributed by atoms with E-state index in [-0.39, 0.29) is 19.1 Å². The van der Waals surface area contributed by atoms with Crippen LogP contribution in [0.1, 0.15) is 45.7 Å². The Morgan fingerprint density at radius 1 is 0.878 bits per heavy atom. The number of aryl methyl sites for hydroxylation is 1. The van der Waals surface area contributed by atoms with Crippen molar-refractivity contribution in [3.8, 4) is 17.6 Å². The average molecular weight is 567 g/mol. The summed E-state index contributed by atoms with van der Waals surface area (Å²) in [6, 6.07) is 14.1. The second-order valence-electron chi connectivity index (χ2n) is 9.92. The van der Waals surface area contributed by atoms with E-state index in [9.17, 15) is 4.79 Å². The van der Waals surface area contributed by atoms with E-state index in [1.807, 2.05) is 56.3 Å². The maximum atomic E-state index is 11.7. The molecule has 0 fully saturated rings. The van der Waals surface area contributed by atoms with Gasteiger partial charge >= 0.3 is 6.09 Å². The molecule has 0 atom stereocenters. The van der Waals surface area contributed by atoms with Crippen LogP contribution < -0.4 is 15.4 Å². The Balaban J connectivity index is 1.76. The number of carbonyl (C=O) groups is 1. The lowest BCUT2D eigenvalue weighted by Crippen LogP contribution is -2.27. The van der Waals surface area contributed by atoms with Gasteiger partial charge in [-0.1, -0.05) is 64.7 Å². The summed E-state index contributed by atoms with van der Waals surface area (Å²) >= 11 is 0. The molecule has 0 aliphatic carbocycles. The molecule has 2 N–H and O–H groups in total. The van der Waals surface area contributed by atoms with Crippen LogP contribution in [0.5, 0.6) is 5.75 Å². The highest BCUT2D eigenvalue weighted by Gasteiger charge is 2.06. The lowest BCUT2D eigenvalue weighted by Gasteiger charge is -2.11. The zero-order chi connectivity index (χ0) is 29.7. The SMILES string of the molecule is CCc1ccc(OCCOCCOCCNC(C)C)c(N=Nc2ccc(CCOC(=O)NCC#CC(C)C)cc2)c1. The van der Waals surface area contributed by atoms with Crippen LogP contribution in [0.4, 0.5) is 16.2 Å². The van der Waals surface area contributed by atoms with Crippen molar-refractivity contribution in [3.05, 3.63) is 53.6 Å². The fourth-order valence-electron chi connectivity index (χ4n) is 3.46. The molecule has 0 heterocycles. The van der Waals surface area contributed by atoms with Crippen LogP contribution in [-0.4, -0.2) is 64.9 Å². The maximum Gasteiger partial charge on any atom is 0.407 e. The molecule has 0 aliphatic heterocycles. The molecule has 9 nitrogen and oxygen atoms in total. The minimum Gasteiger partial charge on any atom is -0.489 e. The van der Waals surface area contributed by atoms with Gasteiger partial charge in [0.25, 0.3) is 0 Å². The number of nitrogens with one attached hydrogen (secondary N) is 2. The van der Waals surface area contributed by atoms with Gasteiger partial charge in [0.2, 0.25) is 0 Å². The van der Waals surface area contributed by atoms with Gasteiger partial charge in [-0.25, -0.2) is 4.79 Å². The molecule has 2 aromatic rings. The third-order valence-corrected chi connectivity index (χ3v) is 5.63. The number of ether oxygens (including phenoxy) is 4. The number of alkyl carbamates (subject to hydrolysis) is 1. The van der Waals surface area contributed by atoms with Crippen molar-refractivity contribution in [1.29, 1.82) is 0 Å². The van der Waals surface area contributed by atoms with Gasteiger partial charge in [-0.05, 0) is 41.8 Å². The first-order chi connectivity index (χ1) is 19.9. The lowest BCUT2D eigenvalue weighted by atomic mass is 10.1. The van der Waals surface area contributed by atoms with Crippen molar-refractivity contribution in [2.75, 3.05) is 52.7 Å². The Kier molecular flexibility index (Phi) is 16.8. The van der Waals surface area contributed by atoms with Gasteiger partial charge in [0.1, 0.15) is 18.0 Å². The standard InChI is InChI=1S/C32H46N4O5/c1-6-27-11-14-31(40-23-22-39-21-20-38-19-17-33-26(4)5)30(24-27)36-35-29-12-9-28(10-13-29)15-18-41-32(37)34-16-7-8-25(2)3/h9-14,24-26,33H,6,15-23H2,1-5H3,(H,34,37). The Hall–Kier alpha value is -3.45. The topological polar surface area (TPSA) is 103 Å². The van der Waals surface area contributed by atoms with Crippen LogP contribution >= 0.6 is 0 Å². The van der Waals surface area contributed by atoms with Crippen LogP contribution in [-0.2, 0) is 27.1 Å². The summed E-state index contributed by atoms with van der Waals surface area (Å²) in [5.41, 5.74) is 3.58. The van der Waals surface area contributed by atoms with E-state index in [1.54, 1.807) is 0 Å². The number of azo groups is 1. The van der Waals surface area contributed by atoms with Crippen molar-refractivity contribution in [2.45, 2.75) is 53.5 Å². The number of rotatable bonds is 18. The molecule has 0 saturated heterocycles. The summed E-state index contributed by atoms with van der Waals surface area (Å²) < 4.78 is 22.3. The Labute approximate surface area is 245 Å². The fraction of sp³-hybridized carbons (Fsp3) is 0.531. The zero-order valence-electron chi connectivity index (χ0n) is 25.2. The first kappa shape index (κ1) is 33.8. The van der Waals surface area contributed by atoms with Crippen LogP contribution in [0, 0.1) is 17.8 Å². The first-order valence-electron chi connectivity index (χ1n) is 14.4. The number of benzene rings is 2. The molecule has 0 aromatic heterocycles. The largest absolute Gasteiger partial charge is 0.489 e. The Morgan fingerprint density at radius 2 is 1.59 bits per heavy atom. The molecule has 224 valence electrons. The average Bonchev–Trinajstić information content (AvgIpc) is 2.96. The summed E-state index contributed by atoms with van der Waals surface area (Å²) in [7, 11) is 0. The summed E-state index contributed by atoms with van der Waals surface area (Å²) in [5, 5.41) is 14.8. The number of carbonyl (C=O) groups excluding carboxylic acids is 1. The van der Waals surface area contributed by atoms with Crippen LogP contribution in [0.2, 0.25) is 0 Å². The van der Waals surface area contributed by atoms with Crippen molar-refractivity contribution in [2.24, 2.45) is 16.1 Å². The van der Waals surface area contributed by atoms with Crippen molar-refractivity contribution < 1.29 is 23.7 Å². The molecule has 0 radical (unpaired) electrons. The fourth-order valence-corrected chi connectivity index (χ4v) is 3.46. The highest BCUT2D eigenvalue weighted by molar-refractivity contribution is 5.67. The number of hydrogen-bond donors (Lipinski definition) is 2. The van der Waals surface area contributed by atoms with E-state index in [2.05, 4.69) is 53.5 Å². The molecular weight excluding hydrogens is 520 g/mol. The van der Waals surface area contributed by atoms with Crippen molar-refractivity contribution in [3.63, 3.8) is 0 Å². The monoisotopic (exact) mass is 566 g/mol. The predicted molar refractivity (Wildman–Crippen MR) is 162 cm³/mol. The third-order valence-electron chi connectivity index (χ3n) is 5.63. The molecule has 0 aliphatic rings. The Bertz CT molecular complexity index is 1110. The van der Waals surface area contributed by atoms with Gasteiger partial charge in [-0.3, -0.25) is 0 Å². The van der Waals surface area contributed by atoms with E-state index in [0.29, 0.717) is 56.9 Å². The molecule has 41 heavy (non-hydrogen) atoms. The quantitative estimate of drug-likeness (QED) is 0.130. The normalized spacial score (nSPS) is 11.1. The highest BCUT2D eigenvalue weighted by Crippen LogP contribution is 2.31. The second-order valence-corrected chi connectivity index (χ2v) is 9.92. The van der Waals surface area contributed by atoms with Crippen LogP contribution in [0.25, 0.3) is 0 Å². The summed E-state index contributed by atoms with van der Waals surface area (Å²) in [6.45, 7) is 14.3. The lowest BCUT2D eigenvalue weighted by molar-refractivity contribution is 0.0370. The van der Waals surface area contributed by atoms with E-state index < -0.39 is 6.09 Å². The van der Waals surface area contributed by atoms with E-state index >= 15 is 0 Å². The molecule has 0 spiro atoms. The molecule has 0 saturated carbocycles. The maximum absolute atomic E-state index is 11.7. The van der Waals surface area contributed by atoms with E-state index in [0.717, 1.165) is 29.8 Å². The van der Waals surface area contributed by atoms with Crippen LogP contribution in [0.3, 0.4) is 0 Å². The van der Waals surface area contributed by atoms with Gasteiger partial charge in [0.15, 0.2) is 0 Å². The van der Waals surface area contributed by atoms with Gasteiger partial charge < -0.3 is 29.6 Å². The van der Waals surface area contributed by atoms with Gasteiger partial charge in [0, 0.05) is 24.9 Å². The third kappa shape index (κ3) is 15.8. The highest BCUT2D eigenvalue weighted by atomic mass is 16.6. The molecule has 1 amide bonds. The molecule has 0 bridgehead atoms. The molecule has 9 heteroatoms. The predicted octanol–water partition coefficient (Wildman–Crippen LogP) is 6.00. The molecule has 2 aromatic carbocycles. The first-order valence-corrected chi connectivity index (χ1v) is 14.4. The van der Waals surface area contributed by atoms with Crippen molar-refractivity contribution >= 4 is 17.5 Å². The van der Waals surface area contributed by atoms with Gasteiger partial charge in [-0.15, -0.1) is 5.11 Å². The van der Waals surface area contributed by atoms with Gasteiger partial charge in [0.05, 0.1) is 45.3 Å². The molecular formula is C32H46N4O5.